The average molecular weight is 131 g/mol. The lowest BCUT2D eigenvalue weighted by Crippen LogP contribution is -2.38. The summed E-state index contributed by atoms with van der Waals surface area (Å²) in [6, 6.07) is 0. The number of carbonyl (C=O) groups is 1. The summed E-state index contributed by atoms with van der Waals surface area (Å²) in [5.41, 5.74) is -0.0775. The smallest absolute Gasteiger partial charge is 0.217 e. The summed E-state index contributed by atoms with van der Waals surface area (Å²) >= 11 is 0. The Kier molecular flexibility index (Phi) is 4.37. The first-order chi connectivity index (χ1) is 3.42. The fourth-order valence-electron chi connectivity index (χ4n) is 0.528. The zero-order valence-electron chi connectivity index (χ0n) is 5.91. The molecular weight excluding hydrogens is 114 g/mol. The van der Waals surface area contributed by atoms with Crippen LogP contribution in [0.1, 0.15) is 35.1 Å². The average Bonchev–Trinajstić information content (AvgIpc) is 1.21. The molecule has 0 fully saturated rings. The number of carbonyl (C=O) groups excluding carboxylic acids is 1. The molecule has 1 N–H and O–H groups in total. The molecule has 9 heavy (non-hydrogen) atoms. The van der Waals surface area contributed by atoms with Crippen molar-refractivity contribution in [3.63, 3.8) is 0 Å². The van der Waals surface area contributed by atoms with E-state index in [0.29, 0.717) is 0 Å². The summed E-state index contributed by atoms with van der Waals surface area (Å²) in [6.07, 6.45) is 0. The highest BCUT2D eigenvalue weighted by Crippen LogP contribution is 1.96. The highest BCUT2D eigenvalue weighted by atomic mass is 16.1. The maximum absolute atomic E-state index is 10.3. The van der Waals surface area contributed by atoms with Crippen LogP contribution in [0.4, 0.5) is 0 Å². The van der Waals surface area contributed by atoms with Crippen LogP contribution in [0.5, 0.6) is 0 Å². The van der Waals surface area contributed by atoms with Crippen molar-refractivity contribution in [2.45, 2.75) is 40.7 Å². The molecule has 0 aromatic rings. The minimum absolute atomic E-state index is 0. The standard InChI is InChI=1S/C6H13NO.CH4/c1-5(8)7-6(2,3)4;/h1-4H3,(H,7,8);1H4. The van der Waals surface area contributed by atoms with Crippen molar-refractivity contribution in [2.75, 3.05) is 0 Å². The second-order valence-electron chi connectivity index (χ2n) is 2.93. The topological polar surface area (TPSA) is 29.1 Å². The Balaban J connectivity index is 0. The quantitative estimate of drug-likeness (QED) is 0.531. The molecule has 0 spiro atoms. The molecule has 1 amide bonds. The van der Waals surface area contributed by atoms with E-state index in [-0.39, 0.29) is 18.9 Å². The van der Waals surface area contributed by atoms with E-state index in [9.17, 15) is 4.79 Å². The summed E-state index contributed by atoms with van der Waals surface area (Å²) in [4.78, 5) is 10.3. The Labute approximate surface area is 57.6 Å². The lowest BCUT2D eigenvalue weighted by molar-refractivity contribution is -0.120. The SMILES string of the molecule is C.CC(=O)NC(C)(C)C. The van der Waals surface area contributed by atoms with E-state index in [1.165, 1.54) is 6.92 Å². The van der Waals surface area contributed by atoms with Gasteiger partial charge in [0.1, 0.15) is 0 Å². The molecule has 0 heterocycles. The van der Waals surface area contributed by atoms with Gasteiger partial charge in [-0.2, -0.15) is 0 Å². The molecular formula is C7H17NO. The van der Waals surface area contributed by atoms with Gasteiger partial charge >= 0.3 is 0 Å². The Morgan fingerprint density at radius 1 is 1.33 bits per heavy atom. The number of nitrogens with one attached hydrogen (secondary N) is 1. The molecule has 0 rings (SSSR count). The van der Waals surface area contributed by atoms with E-state index < -0.39 is 0 Å². The van der Waals surface area contributed by atoms with E-state index in [4.69, 9.17) is 0 Å². The maximum Gasteiger partial charge on any atom is 0.217 e. The third kappa shape index (κ3) is 11.2. The number of rotatable bonds is 0. The van der Waals surface area contributed by atoms with Crippen molar-refractivity contribution in [1.29, 1.82) is 0 Å². The molecule has 0 aromatic heterocycles. The van der Waals surface area contributed by atoms with E-state index in [0.717, 1.165) is 0 Å². The van der Waals surface area contributed by atoms with Gasteiger partial charge in [-0.1, -0.05) is 7.43 Å². The molecule has 2 nitrogen and oxygen atoms in total. The number of hydrogen-bond acceptors (Lipinski definition) is 1. The van der Waals surface area contributed by atoms with Crippen LogP contribution in [-0.4, -0.2) is 11.4 Å². The van der Waals surface area contributed by atoms with Gasteiger partial charge in [-0.05, 0) is 20.8 Å². The lowest BCUT2D eigenvalue weighted by Gasteiger charge is -2.18. The van der Waals surface area contributed by atoms with Crippen LogP contribution in [0, 0.1) is 0 Å². The molecule has 0 aliphatic carbocycles. The Morgan fingerprint density at radius 3 is 1.67 bits per heavy atom. The summed E-state index contributed by atoms with van der Waals surface area (Å²) in [6.45, 7) is 7.38. The van der Waals surface area contributed by atoms with Crippen LogP contribution in [-0.2, 0) is 4.79 Å². The normalized spacial score (nSPS) is 9.78. The van der Waals surface area contributed by atoms with Gasteiger partial charge in [-0.15, -0.1) is 0 Å². The van der Waals surface area contributed by atoms with Gasteiger partial charge in [-0.25, -0.2) is 0 Å². The minimum atomic E-state index is -0.0775. The van der Waals surface area contributed by atoms with Crippen LogP contribution < -0.4 is 5.32 Å². The zero-order chi connectivity index (χ0) is 6.78. The van der Waals surface area contributed by atoms with Gasteiger partial charge in [0.25, 0.3) is 0 Å². The highest BCUT2D eigenvalue weighted by Gasteiger charge is 2.08. The van der Waals surface area contributed by atoms with Crippen LogP contribution >= 0.6 is 0 Å². The largest absolute Gasteiger partial charge is 0.352 e. The lowest BCUT2D eigenvalue weighted by atomic mass is 10.1. The third-order valence-corrected chi connectivity index (χ3v) is 0.551. The molecule has 0 saturated carbocycles. The summed E-state index contributed by atoms with van der Waals surface area (Å²) in [7, 11) is 0. The fraction of sp³-hybridized carbons (Fsp3) is 0.857. The summed E-state index contributed by atoms with van der Waals surface area (Å²) < 4.78 is 0. The Hall–Kier alpha value is -0.530. The van der Waals surface area contributed by atoms with Gasteiger partial charge in [0.2, 0.25) is 5.91 Å². The molecule has 0 saturated heterocycles. The van der Waals surface area contributed by atoms with Gasteiger partial charge < -0.3 is 5.32 Å². The first kappa shape index (κ1) is 11.3. The Bertz CT molecular complexity index is 91.6. The second kappa shape index (κ2) is 3.49. The molecule has 0 aliphatic rings. The predicted octanol–water partition coefficient (Wildman–Crippen LogP) is 1.56. The van der Waals surface area contributed by atoms with E-state index in [1.54, 1.807) is 0 Å². The van der Waals surface area contributed by atoms with Gasteiger partial charge in [-0.3, -0.25) is 4.79 Å². The fourth-order valence-corrected chi connectivity index (χ4v) is 0.528. The monoisotopic (exact) mass is 131 g/mol. The number of hydrogen-bond donors (Lipinski definition) is 1. The molecule has 0 bridgehead atoms. The molecule has 0 radical (unpaired) electrons. The minimum Gasteiger partial charge on any atom is -0.352 e. The maximum atomic E-state index is 10.3. The molecule has 0 aliphatic heterocycles. The van der Waals surface area contributed by atoms with Crippen LogP contribution in [0.25, 0.3) is 0 Å². The van der Waals surface area contributed by atoms with Crippen molar-refractivity contribution in [3.05, 3.63) is 0 Å². The van der Waals surface area contributed by atoms with Crippen molar-refractivity contribution >= 4 is 5.91 Å². The molecule has 0 aromatic carbocycles. The van der Waals surface area contributed by atoms with Crippen LogP contribution in [0.2, 0.25) is 0 Å². The van der Waals surface area contributed by atoms with E-state index >= 15 is 0 Å². The summed E-state index contributed by atoms with van der Waals surface area (Å²) in [5, 5.41) is 2.74. The first-order valence-electron chi connectivity index (χ1n) is 2.70. The molecule has 2 heteroatoms. The van der Waals surface area contributed by atoms with Crippen molar-refractivity contribution < 1.29 is 4.79 Å². The molecule has 56 valence electrons. The zero-order valence-corrected chi connectivity index (χ0v) is 5.91. The highest BCUT2D eigenvalue weighted by molar-refractivity contribution is 5.73. The third-order valence-electron chi connectivity index (χ3n) is 0.551. The Morgan fingerprint density at radius 2 is 1.67 bits per heavy atom. The number of amides is 1. The summed E-state index contributed by atoms with van der Waals surface area (Å²) in [5.74, 6) is 0.0255. The van der Waals surface area contributed by atoms with Gasteiger partial charge in [0.05, 0.1) is 0 Å². The van der Waals surface area contributed by atoms with Gasteiger partial charge in [0, 0.05) is 12.5 Å². The molecule has 0 unspecified atom stereocenters. The first-order valence-corrected chi connectivity index (χ1v) is 2.70. The second-order valence-corrected chi connectivity index (χ2v) is 2.93. The van der Waals surface area contributed by atoms with E-state index in [2.05, 4.69) is 5.32 Å². The van der Waals surface area contributed by atoms with Crippen molar-refractivity contribution in [3.8, 4) is 0 Å². The predicted molar refractivity (Wildman–Crippen MR) is 40.3 cm³/mol. The van der Waals surface area contributed by atoms with Crippen molar-refractivity contribution in [1.82, 2.24) is 5.32 Å². The van der Waals surface area contributed by atoms with E-state index in [1.807, 2.05) is 20.8 Å². The van der Waals surface area contributed by atoms with Crippen molar-refractivity contribution in [2.24, 2.45) is 0 Å². The van der Waals surface area contributed by atoms with Gasteiger partial charge in [0.15, 0.2) is 0 Å². The van der Waals surface area contributed by atoms with Crippen LogP contribution in [0.3, 0.4) is 0 Å². The van der Waals surface area contributed by atoms with Crippen LogP contribution in [0.15, 0.2) is 0 Å². The molecule has 0 atom stereocenters.